The van der Waals surface area contributed by atoms with Gasteiger partial charge in [-0.15, -0.1) is 0 Å². The van der Waals surface area contributed by atoms with Crippen molar-refractivity contribution in [3.63, 3.8) is 0 Å². The zero-order valence-corrected chi connectivity index (χ0v) is 16.0. The summed E-state index contributed by atoms with van der Waals surface area (Å²) in [5.41, 5.74) is 0.541. The van der Waals surface area contributed by atoms with Crippen LogP contribution in [0.15, 0.2) is 38.3 Å². The number of nitrogens with one attached hydrogen (secondary N) is 2. The molecule has 3 rings (SSSR count). The number of hydrogen-bond acceptors (Lipinski definition) is 5. The molecule has 0 atom stereocenters. The molecule has 2 N–H and O–H groups in total. The number of carbonyl (C=O) groups is 2. The number of hydrogen-bond donors (Lipinski definition) is 2. The van der Waals surface area contributed by atoms with Gasteiger partial charge in [-0.25, -0.2) is 4.79 Å². The minimum absolute atomic E-state index is 0.0207. The number of Topliss-reactive ketones (excluding diaryl/α,β-unsaturated/α-hetero) is 1. The summed E-state index contributed by atoms with van der Waals surface area (Å²) in [6.45, 7) is 0.575. The van der Waals surface area contributed by atoms with Gasteiger partial charge in [0.2, 0.25) is 5.91 Å². The molecule has 142 valence electrons. The van der Waals surface area contributed by atoms with Gasteiger partial charge in [0.1, 0.15) is 0 Å². The Morgan fingerprint density at radius 2 is 1.96 bits per heavy atom. The van der Waals surface area contributed by atoms with Gasteiger partial charge in [-0.05, 0) is 12.1 Å². The third kappa shape index (κ3) is 4.61. The molecule has 0 saturated heterocycles. The quantitative estimate of drug-likeness (QED) is 0.650. The fourth-order valence-electron chi connectivity index (χ4n) is 2.89. The summed E-state index contributed by atoms with van der Waals surface area (Å²) >= 11 is 3.30. The van der Waals surface area contributed by atoms with Crippen LogP contribution in [0.25, 0.3) is 0 Å². The van der Waals surface area contributed by atoms with Crippen LogP contribution >= 0.6 is 15.9 Å². The van der Waals surface area contributed by atoms with E-state index in [0.29, 0.717) is 29.8 Å². The molecule has 0 spiro atoms. The van der Waals surface area contributed by atoms with E-state index in [1.54, 1.807) is 24.3 Å². The first-order valence-electron chi connectivity index (χ1n) is 8.44. The minimum atomic E-state index is -0.542. The van der Waals surface area contributed by atoms with E-state index in [9.17, 15) is 19.2 Å². The Morgan fingerprint density at radius 3 is 2.70 bits per heavy atom. The van der Waals surface area contributed by atoms with Crippen LogP contribution in [0.3, 0.4) is 0 Å². The van der Waals surface area contributed by atoms with Gasteiger partial charge in [0.05, 0.1) is 25.3 Å². The van der Waals surface area contributed by atoms with Gasteiger partial charge in [0, 0.05) is 35.1 Å². The monoisotopic (exact) mass is 435 g/mol. The van der Waals surface area contributed by atoms with Crippen molar-refractivity contribution in [2.75, 3.05) is 13.2 Å². The fourth-order valence-corrected chi connectivity index (χ4v) is 3.15. The third-order valence-electron chi connectivity index (χ3n) is 4.32. The molecule has 1 aromatic heterocycles. The van der Waals surface area contributed by atoms with Crippen LogP contribution in [0.5, 0.6) is 0 Å². The molecule has 2 aromatic rings. The maximum atomic E-state index is 12.1. The van der Waals surface area contributed by atoms with E-state index < -0.39 is 11.2 Å². The molecule has 0 unspecified atom stereocenters. The molecule has 8 nitrogen and oxygen atoms in total. The minimum Gasteiger partial charge on any atom is -0.376 e. The lowest BCUT2D eigenvalue weighted by Crippen LogP contribution is -2.39. The normalized spacial score (nSPS) is 13.1. The number of halogens is 1. The summed E-state index contributed by atoms with van der Waals surface area (Å²) in [6.07, 6.45) is 0.463. The second-order valence-electron chi connectivity index (χ2n) is 6.10. The van der Waals surface area contributed by atoms with Crippen molar-refractivity contribution < 1.29 is 14.3 Å². The molecule has 0 aliphatic carbocycles. The molecular weight excluding hydrogens is 418 g/mol. The number of carbonyl (C=O) groups excluding carboxylic acids is 2. The van der Waals surface area contributed by atoms with Gasteiger partial charge in [-0.1, -0.05) is 28.1 Å². The number of H-pyrrole nitrogens is 1. The summed E-state index contributed by atoms with van der Waals surface area (Å²) in [4.78, 5) is 50.3. The van der Waals surface area contributed by atoms with Gasteiger partial charge in [-0.3, -0.25) is 23.9 Å². The zero-order chi connectivity index (χ0) is 19.4. The van der Waals surface area contributed by atoms with E-state index in [0.717, 1.165) is 4.47 Å². The first-order valence-corrected chi connectivity index (χ1v) is 9.23. The van der Waals surface area contributed by atoms with Crippen LogP contribution in [0, 0.1) is 0 Å². The lowest BCUT2D eigenvalue weighted by atomic mass is 10.1. The largest absolute Gasteiger partial charge is 0.376 e. The summed E-state index contributed by atoms with van der Waals surface area (Å²) in [5.74, 6) is -0.550. The Balaban J connectivity index is 1.60. The number of aromatic nitrogens is 2. The Labute approximate surface area is 162 Å². The van der Waals surface area contributed by atoms with Crippen LogP contribution < -0.4 is 16.6 Å². The van der Waals surface area contributed by atoms with Gasteiger partial charge in [0.15, 0.2) is 5.78 Å². The fraction of sp³-hybridized carbons (Fsp3) is 0.333. The molecule has 0 radical (unpaired) electrons. The number of aromatic amines is 1. The van der Waals surface area contributed by atoms with Crippen LogP contribution in [0.1, 0.15) is 28.0 Å². The van der Waals surface area contributed by atoms with E-state index in [1.807, 2.05) is 0 Å². The highest BCUT2D eigenvalue weighted by atomic mass is 79.9. The summed E-state index contributed by atoms with van der Waals surface area (Å²) in [5, 5.41) is 2.56. The molecule has 0 bridgehead atoms. The van der Waals surface area contributed by atoms with Gasteiger partial charge >= 0.3 is 5.69 Å². The lowest BCUT2D eigenvalue weighted by molar-refractivity contribution is -0.121. The number of nitrogens with zero attached hydrogens (tertiary/aromatic N) is 1. The smallest absolute Gasteiger partial charge is 0.328 e. The second-order valence-corrected chi connectivity index (χ2v) is 7.01. The molecule has 1 aliphatic heterocycles. The Morgan fingerprint density at radius 1 is 1.22 bits per heavy atom. The predicted octanol–water partition coefficient (Wildman–Crippen LogP) is 0.761. The van der Waals surface area contributed by atoms with Crippen molar-refractivity contribution in [2.45, 2.75) is 26.0 Å². The van der Waals surface area contributed by atoms with Crippen molar-refractivity contribution in [1.82, 2.24) is 14.9 Å². The number of rotatable bonds is 6. The lowest BCUT2D eigenvalue weighted by Gasteiger charge is -2.20. The van der Waals surface area contributed by atoms with Crippen LogP contribution in [0.2, 0.25) is 0 Å². The molecule has 1 aliphatic rings. The van der Waals surface area contributed by atoms with Crippen molar-refractivity contribution in [3.8, 4) is 0 Å². The number of benzene rings is 1. The van der Waals surface area contributed by atoms with Crippen molar-refractivity contribution in [3.05, 3.63) is 66.4 Å². The molecule has 9 heteroatoms. The molecule has 2 heterocycles. The standard InChI is InChI=1S/C18H18BrN3O5/c19-12-3-1-11(2-4-12)15(23)9-20-16(24)5-7-22-14-6-8-27-10-13(14)17(25)21-18(22)26/h1-4H,5-10H2,(H,20,24)(H,21,25,26). The van der Waals surface area contributed by atoms with E-state index in [1.165, 1.54) is 4.57 Å². The van der Waals surface area contributed by atoms with Crippen molar-refractivity contribution in [2.24, 2.45) is 0 Å². The van der Waals surface area contributed by atoms with Crippen molar-refractivity contribution >= 4 is 27.6 Å². The molecule has 0 fully saturated rings. The van der Waals surface area contributed by atoms with Crippen molar-refractivity contribution in [1.29, 1.82) is 0 Å². The highest BCUT2D eigenvalue weighted by molar-refractivity contribution is 9.10. The predicted molar refractivity (Wildman–Crippen MR) is 101 cm³/mol. The van der Waals surface area contributed by atoms with E-state index >= 15 is 0 Å². The van der Waals surface area contributed by atoms with Crippen LogP contribution in [0.4, 0.5) is 0 Å². The Bertz CT molecular complexity index is 978. The highest BCUT2D eigenvalue weighted by Crippen LogP contribution is 2.12. The summed E-state index contributed by atoms with van der Waals surface area (Å²) in [7, 11) is 0. The van der Waals surface area contributed by atoms with E-state index in [4.69, 9.17) is 4.74 Å². The molecule has 1 amide bonds. The average molecular weight is 436 g/mol. The maximum Gasteiger partial charge on any atom is 0.328 e. The SMILES string of the molecule is O=C(CCn1c2c(c(=O)[nH]c1=O)COCC2)NCC(=O)c1ccc(Br)cc1. The summed E-state index contributed by atoms with van der Waals surface area (Å²) < 4.78 is 7.52. The molecule has 27 heavy (non-hydrogen) atoms. The second kappa shape index (κ2) is 8.45. The molecule has 1 aromatic carbocycles. The zero-order valence-electron chi connectivity index (χ0n) is 14.4. The number of fused-ring (bicyclic) bond motifs is 1. The molecular formula is C18H18BrN3O5. The highest BCUT2D eigenvalue weighted by Gasteiger charge is 2.19. The topological polar surface area (TPSA) is 110 Å². The van der Waals surface area contributed by atoms with Crippen LogP contribution in [-0.2, 0) is 29.1 Å². The first kappa shape index (κ1) is 19.2. The number of ketones is 1. The third-order valence-corrected chi connectivity index (χ3v) is 4.85. The van der Waals surface area contributed by atoms with E-state index in [-0.39, 0.29) is 37.8 Å². The maximum absolute atomic E-state index is 12.1. The Hall–Kier alpha value is -2.52. The number of ether oxygens (including phenoxy) is 1. The average Bonchev–Trinajstić information content (AvgIpc) is 2.66. The number of amides is 1. The Kier molecular flexibility index (Phi) is 6.02. The van der Waals surface area contributed by atoms with Crippen LogP contribution in [-0.4, -0.2) is 34.4 Å². The first-order chi connectivity index (χ1) is 13.0. The van der Waals surface area contributed by atoms with Gasteiger partial charge < -0.3 is 10.1 Å². The van der Waals surface area contributed by atoms with E-state index in [2.05, 4.69) is 26.2 Å². The van der Waals surface area contributed by atoms with Gasteiger partial charge in [-0.2, -0.15) is 0 Å². The molecule has 0 saturated carbocycles. The van der Waals surface area contributed by atoms with Gasteiger partial charge in [0.25, 0.3) is 5.56 Å². The summed E-state index contributed by atoms with van der Waals surface area (Å²) in [6, 6.07) is 6.86.